The highest BCUT2D eigenvalue weighted by molar-refractivity contribution is 7.90. The highest BCUT2D eigenvalue weighted by Gasteiger charge is 2.13. The summed E-state index contributed by atoms with van der Waals surface area (Å²) in [4.78, 5) is 11.8. The van der Waals surface area contributed by atoms with Crippen molar-refractivity contribution < 1.29 is 17.9 Å². The van der Waals surface area contributed by atoms with Crippen molar-refractivity contribution in [2.75, 3.05) is 5.75 Å². The van der Waals surface area contributed by atoms with Gasteiger partial charge in [0.2, 0.25) is 10.0 Å². The number of hydrogen-bond donors (Lipinski definition) is 1. The Morgan fingerprint density at radius 1 is 1.05 bits per heavy atom. The van der Waals surface area contributed by atoms with Crippen LogP contribution in [-0.4, -0.2) is 20.1 Å². The Morgan fingerprint density at radius 2 is 1.55 bits per heavy atom. The van der Waals surface area contributed by atoms with Gasteiger partial charge in [-0.15, -0.1) is 0 Å². The zero-order chi connectivity index (χ0) is 16.2. The molecule has 2 aromatic carbocycles. The van der Waals surface area contributed by atoms with E-state index in [-0.39, 0.29) is 11.3 Å². The minimum absolute atomic E-state index is 0.156. The molecule has 22 heavy (non-hydrogen) atoms. The number of amides is 1. The molecule has 2 aromatic rings. The van der Waals surface area contributed by atoms with E-state index in [1.165, 1.54) is 19.1 Å². The third-order valence-corrected chi connectivity index (χ3v) is 4.30. The maximum absolute atomic E-state index is 11.8. The second kappa shape index (κ2) is 6.81. The lowest BCUT2D eigenvalue weighted by Crippen LogP contribution is -2.31. The average molecular weight is 340 g/mol. The summed E-state index contributed by atoms with van der Waals surface area (Å²) in [5, 5.41) is 0.608. The molecule has 0 bridgehead atoms. The van der Waals surface area contributed by atoms with E-state index < -0.39 is 15.9 Å². The number of rotatable bonds is 5. The Labute approximate surface area is 133 Å². The largest absolute Gasteiger partial charge is 0.457 e. The number of carbonyl (C=O) groups excluding carboxylic acids is 1. The number of hydrogen-bond acceptors (Lipinski definition) is 4. The summed E-state index contributed by atoms with van der Waals surface area (Å²) in [6.07, 6.45) is 0. The Bertz CT molecular complexity index is 755. The maximum atomic E-state index is 11.8. The number of halogens is 1. The molecule has 116 valence electrons. The molecule has 1 N–H and O–H groups in total. The number of benzene rings is 2. The lowest BCUT2D eigenvalue weighted by atomic mass is 10.2. The van der Waals surface area contributed by atoms with E-state index >= 15 is 0 Å². The van der Waals surface area contributed by atoms with Crippen molar-refractivity contribution in [2.24, 2.45) is 0 Å². The van der Waals surface area contributed by atoms with Crippen molar-refractivity contribution >= 4 is 27.5 Å². The lowest BCUT2D eigenvalue weighted by Gasteiger charge is -2.07. The molecule has 7 heteroatoms. The zero-order valence-corrected chi connectivity index (χ0v) is 13.3. The molecule has 2 rings (SSSR count). The summed E-state index contributed by atoms with van der Waals surface area (Å²) in [6, 6.07) is 13.0. The smallest absolute Gasteiger partial charge is 0.264 e. The number of nitrogens with one attached hydrogen (secondary N) is 1. The van der Waals surface area contributed by atoms with E-state index in [0.717, 1.165) is 0 Å². The second-order valence-electron chi connectivity index (χ2n) is 4.41. The molecule has 5 nitrogen and oxygen atoms in total. The molecule has 1 amide bonds. The van der Waals surface area contributed by atoms with Crippen LogP contribution in [0.5, 0.6) is 11.5 Å². The van der Waals surface area contributed by atoms with E-state index in [0.29, 0.717) is 16.5 Å². The van der Waals surface area contributed by atoms with Crippen LogP contribution < -0.4 is 9.46 Å². The lowest BCUT2D eigenvalue weighted by molar-refractivity contribution is 0.0981. The van der Waals surface area contributed by atoms with Crippen molar-refractivity contribution in [2.45, 2.75) is 6.92 Å². The summed E-state index contributed by atoms with van der Waals surface area (Å²) in [7, 11) is -3.57. The maximum Gasteiger partial charge on any atom is 0.264 e. The number of ether oxygens (including phenoxy) is 1. The van der Waals surface area contributed by atoms with Gasteiger partial charge in [-0.3, -0.25) is 4.79 Å². The summed E-state index contributed by atoms with van der Waals surface area (Å²) >= 11 is 5.79. The second-order valence-corrected chi connectivity index (χ2v) is 6.86. The molecule has 0 aliphatic carbocycles. The van der Waals surface area contributed by atoms with Crippen LogP contribution in [0.3, 0.4) is 0 Å². The Balaban J connectivity index is 2.07. The molecule has 0 unspecified atom stereocenters. The molecule has 0 aliphatic heterocycles. The third kappa shape index (κ3) is 4.47. The first-order valence-electron chi connectivity index (χ1n) is 6.48. The molecule has 0 saturated heterocycles. The van der Waals surface area contributed by atoms with Gasteiger partial charge in [0.1, 0.15) is 11.5 Å². The van der Waals surface area contributed by atoms with Crippen LogP contribution in [0.1, 0.15) is 17.3 Å². The van der Waals surface area contributed by atoms with Gasteiger partial charge in [0.05, 0.1) is 5.75 Å². The molecule has 0 aromatic heterocycles. The summed E-state index contributed by atoms with van der Waals surface area (Å²) in [5.41, 5.74) is 0.237. The fourth-order valence-electron chi connectivity index (χ4n) is 1.59. The number of sulfonamides is 1. The predicted molar refractivity (Wildman–Crippen MR) is 84.9 cm³/mol. The van der Waals surface area contributed by atoms with Gasteiger partial charge in [0.15, 0.2) is 0 Å². The topological polar surface area (TPSA) is 72.5 Å². The van der Waals surface area contributed by atoms with Gasteiger partial charge < -0.3 is 4.74 Å². The van der Waals surface area contributed by atoms with Crippen LogP contribution in [0.25, 0.3) is 0 Å². The first-order valence-corrected chi connectivity index (χ1v) is 8.51. The summed E-state index contributed by atoms with van der Waals surface area (Å²) in [6.45, 7) is 1.46. The molecule has 0 radical (unpaired) electrons. The SMILES string of the molecule is CCS(=O)(=O)NC(=O)c1ccc(Oc2ccc(Cl)cc2)cc1. The molecular formula is C15H14ClNO4S. The van der Waals surface area contributed by atoms with Gasteiger partial charge in [-0.05, 0) is 55.5 Å². The fraction of sp³-hybridized carbons (Fsp3) is 0.133. The van der Waals surface area contributed by atoms with E-state index in [1.807, 2.05) is 4.72 Å². The quantitative estimate of drug-likeness (QED) is 0.907. The van der Waals surface area contributed by atoms with Gasteiger partial charge in [-0.25, -0.2) is 13.1 Å². The van der Waals surface area contributed by atoms with Gasteiger partial charge in [0, 0.05) is 10.6 Å². The highest BCUT2D eigenvalue weighted by atomic mass is 35.5. The molecule has 0 spiro atoms. The molecule has 0 aliphatic rings. The standard InChI is InChI=1S/C15H14ClNO4S/c1-2-22(19,20)17-15(18)11-3-7-13(8-4-11)21-14-9-5-12(16)6-10-14/h3-10H,2H2,1H3,(H,17,18). The molecule has 0 atom stereocenters. The summed E-state index contributed by atoms with van der Waals surface area (Å²) in [5.74, 6) is 0.309. The molecular weight excluding hydrogens is 326 g/mol. The predicted octanol–water partition coefficient (Wildman–Crippen LogP) is 3.21. The first-order chi connectivity index (χ1) is 10.4. The fourth-order valence-corrected chi connectivity index (χ4v) is 2.26. The van der Waals surface area contributed by atoms with Crippen molar-refractivity contribution in [1.29, 1.82) is 0 Å². The monoisotopic (exact) mass is 339 g/mol. The first kappa shape index (κ1) is 16.3. The van der Waals surface area contributed by atoms with Gasteiger partial charge >= 0.3 is 0 Å². The average Bonchev–Trinajstić information content (AvgIpc) is 2.50. The van der Waals surface area contributed by atoms with Crippen LogP contribution in [0.15, 0.2) is 48.5 Å². The van der Waals surface area contributed by atoms with Crippen molar-refractivity contribution in [1.82, 2.24) is 4.72 Å². The van der Waals surface area contributed by atoms with Crippen molar-refractivity contribution in [3.8, 4) is 11.5 Å². The normalized spacial score (nSPS) is 11.0. The highest BCUT2D eigenvalue weighted by Crippen LogP contribution is 2.23. The van der Waals surface area contributed by atoms with E-state index in [2.05, 4.69) is 0 Å². The zero-order valence-electron chi connectivity index (χ0n) is 11.7. The van der Waals surface area contributed by atoms with Gasteiger partial charge in [-0.1, -0.05) is 11.6 Å². The van der Waals surface area contributed by atoms with E-state index in [1.54, 1.807) is 36.4 Å². The number of carbonyl (C=O) groups is 1. The van der Waals surface area contributed by atoms with Crippen LogP contribution in [0, 0.1) is 0 Å². The molecule has 0 saturated carbocycles. The van der Waals surface area contributed by atoms with Crippen molar-refractivity contribution in [3.05, 3.63) is 59.1 Å². The third-order valence-electron chi connectivity index (χ3n) is 2.79. The van der Waals surface area contributed by atoms with Crippen LogP contribution >= 0.6 is 11.6 Å². The Morgan fingerprint density at radius 3 is 2.05 bits per heavy atom. The van der Waals surface area contributed by atoms with E-state index in [9.17, 15) is 13.2 Å². The Hall–Kier alpha value is -2.05. The minimum atomic E-state index is -3.57. The molecule has 0 heterocycles. The van der Waals surface area contributed by atoms with Gasteiger partial charge in [-0.2, -0.15) is 0 Å². The van der Waals surface area contributed by atoms with Gasteiger partial charge in [0.25, 0.3) is 5.91 Å². The van der Waals surface area contributed by atoms with Crippen LogP contribution in [-0.2, 0) is 10.0 Å². The van der Waals surface area contributed by atoms with Crippen LogP contribution in [0.2, 0.25) is 5.02 Å². The summed E-state index contributed by atoms with van der Waals surface area (Å²) < 4.78 is 30.3. The van der Waals surface area contributed by atoms with Crippen LogP contribution in [0.4, 0.5) is 0 Å². The Kier molecular flexibility index (Phi) is 5.05. The molecule has 0 fully saturated rings. The minimum Gasteiger partial charge on any atom is -0.457 e. The van der Waals surface area contributed by atoms with E-state index in [4.69, 9.17) is 16.3 Å². The van der Waals surface area contributed by atoms with Crippen molar-refractivity contribution in [3.63, 3.8) is 0 Å².